The Labute approximate surface area is 151 Å². The minimum absolute atomic E-state index is 0.178. The molecular formula is C18H12ClN3O4. The minimum atomic E-state index is -0.439. The number of halogens is 1. The Morgan fingerprint density at radius 1 is 1.19 bits per heavy atom. The van der Waals surface area contributed by atoms with Gasteiger partial charge in [-0.15, -0.1) is 0 Å². The van der Waals surface area contributed by atoms with Crippen LogP contribution < -0.4 is 11.1 Å². The standard InChI is InChI=1S/C18H12ClN3O4/c1-22-14-4-3-12(7-16(14)26-18(22)24)20-8-10(9-23)17-21-13-6-11(19)2-5-15(13)25-17/h2-9,20H,1H3. The molecule has 0 fully saturated rings. The molecule has 26 heavy (non-hydrogen) atoms. The maximum absolute atomic E-state index is 11.5. The SMILES string of the molecule is Cn1c(=O)oc2cc(NC=C(C=O)c3nc4cc(Cl)ccc4o3)ccc21. The first kappa shape index (κ1) is 16.2. The van der Waals surface area contributed by atoms with Crippen LogP contribution in [-0.2, 0) is 11.8 Å². The van der Waals surface area contributed by atoms with Crippen LogP contribution in [0.5, 0.6) is 0 Å². The van der Waals surface area contributed by atoms with E-state index >= 15 is 0 Å². The second kappa shape index (κ2) is 6.20. The molecule has 4 rings (SSSR count). The molecule has 0 bridgehead atoms. The number of aldehydes is 1. The van der Waals surface area contributed by atoms with E-state index in [9.17, 15) is 9.59 Å². The van der Waals surface area contributed by atoms with Gasteiger partial charge in [-0.1, -0.05) is 11.6 Å². The van der Waals surface area contributed by atoms with Crippen LogP contribution in [0.4, 0.5) is 5.69 Å². The molecule has 0 aliphatic heterocycles. The maximum atomic E-state index is 11.5. The predicted molar refractivity (Wildman–Crippen MR) is 98.1 cm³/mol. The van der Waals surface area contributed by atoms with Crippen LogP contribution in [-0.4, -0.2) is 15.8 Å². The third-order valence-corrected chi connectivity index (χ3v) is 4.15. The van der Waals surface area contributed by atoms with Gasteiger partial charge in [-0.25, -0.2) is 9.78 Å². The summed E-state index contributed by atoms with van der Waals surface area (Å²) < 4.78 is 12.1. The van der Waals surface area contributed by atoms with E-state index in [2.05, 4.69) is 10.3 Å². The van der Waals surface area contributed by atoms with Crippen molar-refractivity contribution in [3.63, 3.8) is 0 Å². The highest BCUT2D eigenvalue weighted by Gasteiger charge is 2.11. The molecule has 130 valence electrons. The lowest BCUT2D eigenvalue weighted by molar-refractivity contribution is -0.103. The van der Waals surface area contributed by atoms with Crippen LogP contribution in [0, 0.1) is 0 Å². The van der Waals surface area contributed by atoms with Crippen molar-refractivity contribution in [1.82, 2.24) is 9.55 Å². The Hall–Kier alpha value is -3.32. The fraction of sp³-hybridized carbons (Fsp3) is 0.0556. The van der Waals surface area contributed by atoms with E-state index in [1.54, 1.807) is 43.4 Å². The smallest absolute Gasteiger partial charge is 0.419 e. The van der Waals surface area contributed by atoms with E-state index in [0.717, 1.165) is 0 Å². The highest BCUT2D eigenvalue weighted by molar-refractivity contribution is 6.31. The van der Waals surface area contributed by atoms with Crippen molar-refractivity contribution in [3.8, 4) is 0 Å². The van der Waals surface area contributed by atoms with E-state index in [0.29, 0.717) is 39.2 Å². The molecular weight excluding hydrogens is 358 g/mol. The average molecular weight is 370 g/mol. The fourth-order valence-electron chi connectivity index (χ4n) is 2.55. The molecule has 2 heterocycles. The number of carbonyl (C=O) groups excluding carboxylic acids is 1. The molecule has 0 radical (unpaired) electrons. The Morgan fingerprint density at radius 2 is 2.04 bits per heavy atom. The lowest BCUT2D eigenvalue weighted by Gasteiger charge is -2.01. The number of rotatable bonds is 4. The number of hydrogen-bond donors (Lipinski definition) is 1. The quantitative estimate of drug-likeness (QED) is 0.437. The van der Waals surface area contributed by atoms with Gasteiger partial charge in [-0.3, -0.25) is 9.36 Å². The zero-order chi connectivity index (χ0) is 18.3. The van der Waals surface area contributed by atoms with Crippen molar-refractivity contribution in [2.75, 3.05) is 5.32 Å². The number of aryl methyl sites for hydroxylation is 1. The Kier molecular flexibility index (Phi) is 3.85. The summed E-state index contributed by atoms with van der Waals surface area (Å²) >= 11 is 5.93. The van der Waals surface area contributed by atoms with Crippen molar-refractivity contribution in [2.24, 2.45) is 7.05 Å². The largest absolute Gasteiger partial charge is 0.436 e. The van der Waals surface area contributed by atoms with Gasteiger partial charge in [0.1, 0.15) is 5.52 Å². The average Bonchev–Trinajstić information content (AvgIpc) is 3.16. The van der Waals surface area contributed by atoms with E-state index < -0.39 is 5.76 Å². The van der Waals surface area contributed by atoms with E-state index in [1.807, 2.05) is 0 Å². The second-order valence-electron chi connectivity index (χ2n) is 5.60. The third kappa shape index (κ3) is 2.78. The number of benzene rings is 2. The van der Waals surface area contributed by atoms with Crippen LogP contribution in [0.1, 0.15) is 5.89 Å². The molecule has 2 aromatic heterocycles. The van der Waals surface area contributed by atoms with Gasteiger partial charge in [0.15, 0.2) is 17.5 Å². The van der Waals surface area contributed by atoms with Crippen LogP contribution in [0.2, 0.25) is 5.02 Å². The third-order valence-electron chi connectivity index (χ3n) is 3.91. The zero-order valence-corrected chi connectivity index (χ0v) is 14.3. The van der Waals surface area contributed by atoms with Crippen molar-refractivity contribution < 1.29 is 13.6 Å². The Morgan fingerprint density at radius 3 is 2.85 bits per heavy atom. The first-order valence-corrected chi connectivity index (χ1v) is 8.01. The van der Waals surface area contributed by atoms with Crippen molar-refractivity contribution in [2.45, 2.75) is 0 Å². The van der Waals surface area contributed by atoms with Crippen molar-refractivity contribution >= 4 is 51.3 Å². The van der Waals surface area contributed by atoms with Gasteiger partial charge in [-0.2, -0.15) is 0 Å². The van der Waals surface area contributed by atoms with E-state index in [-0.39, 0.29) is 11.5 Å². The molecule has 0 saturated heterocycles. The molecule has 0 aliphatic carbocycles. The number of hydrogen-bond acceptors (Lipinski definition) is 6. The highest BCUT2D eigenvalue weighted by Crippen LogP contribution is 2.24. The van der Waals surface area contributed by atoms with Gasteiger partial charge in [0.05, 0.1) is 11.1 Å². The molecule has 0 unspecified atom stereocenters. The van der Waals surface area contributed by atoms with Gasteiger partial charge < -0.3 is 14.2 Å². The maximum Gasteiger partial charge on any atom is 0.419 e. The fourth-order valence-corrected chi connectivity index (χ4v) is 2.72. The highest BCUT2D eigenvalue weighted by atomic mass is 35.5. The number of allylic oxidation sites excluding steroid dienone is 1. The Bertz CT molecular complexity index is 1230. The van der Waals surface area contributed by atoms with Crippen LogP contribution >= 0.6 is 11.6 Å². The van der Waals surface area contributed by atoms with E-state index in [4.69, 9.17) is 20.4 Å². The number of oxazole rings is 2. The monoisotopic (exact) mass is 369 g/mol. The number of carbonyl (C=O) groups is 1. The molecule has 4 aromatic rings. The summed E-state index contributed by atoms with van der Waals surface area (Å²) in [6, 6.07) is 10.2. The lowest BCUT2D eigenvalue weighted by Crippen LogP contribution is -2.08. The summed E-state index contributed by atoms with van der Waals surface area (Å²) in [5, 5.41) is 3.51. The first-order valence-electron chi connectivity index (χ1n) is 7.63. The summed E-state index contributed by atoms with van der Waals surface area (Å²) in [6.07, 6.45) is 2.11. The topological polar surface area (TPSA) is 90.3 Å². The molecule has 7 nitrogen and oxygen atoms in total. The molecule has 2 aromatic carbocycles. The molecule has 0 atom stereocenters. The summed E-state index contributed by atoms with van der Waals surface area (Å²) in [6.45, 7) is 0. The van der Waals surface area contributed by atoms with Crippen molar-refractivity contribution in [3.05, 3.63) is 64.1 Å². The van der Waals surface area contributed by atoms with Gasteiger partial charge in [-0.05, 0) is 30.3 Å². The van der Waals surface area contributed by atoms with Gasteiger partial charge in [0, 0.05) is 30.0 Å². The van der Waals surface area contributed by atoms with Crippen LogP contribution in [0.25, 0.3) is 27.8 Å². The molecule has 0 amide bonds. The summed E-state index contributed by atoms with van der Waals surface area (Å²) in [4.78, 5) is 27.2. The van der Waals surface area contributed by atoms with Gasteiger partial charge in [0.25, 0.3) is 0 Å². The number of fused-ring (bicyclic) bond motifs is 2. The molecule has 1 N–H and O–H groups in total. The van der Waals surface area contributed by atoms with Gasteiger partial charge in [0.2, 0.25) is 5.89 Å². The number of aromatic nitrogens is 2. The van der Waals surface area contributed by atoms with Crippen molar-refractivity contribution in [1.29, 1.82) is 0 Å². The Balaban J connectivity index is 1.66. The number of anilines is 1. The van der Waals surface area contributed by atoms with Gasteiger partial charge >= 0.3 is 5.76 Å². The number of nitrogens with one attached hydrogen (secondary N) is 1. The minimum Gasteiger partial charge on any atom is -0.436 e. The molecule has 0 spiro atoms. The van der Waals surface area contributed by atoms with Crippen LogP contribution in [0.3, 0.4) is 0 Å². The summed E-state index contributed by atoms with van der Waals surface area (Å²) in [5.41, 5.74) is 3.09. The molecule has 0 aliphatic rings. The normalized spacial score (nSPS) is 12.0. The molecule has 8 heteroatoms. The second-order valence-corrected chi connectivity index (χ2v) is 6.04. The van der Waals surface area contributed by atoms with E-state index in [1.165, 1.54) is 10.8 Å². The lowest BCUT2D eigenvalue weighted by atomic mass is 10.2. The zero-order valence-electron chi connectivity index (χ0n) is 13.5. The first-order chi connectivity index (χ1) is 12.5. The van der Waals surface area contributed by atoms with Crippen LogP contribution in [0.15, 0.2) is 56.2 Å². The predicted octanol–water partition coefficient (Wildman–Crippen LogP) is 3.58. The summed E-state index contributed by atoms with van der Waals surface area (Å²) in [7, 11) is 1.63. The number of nitrogens with zero attached hydrogens (tertiary/aromatic N) is 2. The molecule has 0 saturated carbocycles. The summed E-state index contributed by atoms with van der Waals surface area (Å²) in [5.74, 6) is -0.261.